The highest BCUT2D eigenvalue weighted by Crippen LogP contribution is 2.25. The number of halogens is 1. The van der Waals surface area contributed by atoms with Crippen molar-refractivity contribution in [2.75, 3.05) is 12.9 Å². The van der Waals surface area contributed by atoms with Gasteiger partial charge in [0.2, 0.25) is 0 Å². The summed E-state index contributed by atoms with van der Waals surface area (Å²) in [5.74, 6) is 1.61. The number of aliphatic hydroxyl groups is 1. The van der Waals surface area contributed by atoms with E-state index in [1.54, 1.807) is 7.11 Å². The molecule has 0 fully saturated rings. The van der Waals surface area contributed by atoms with Crippen LogP contribution in [0.25, 0.3) is 0 Å². The Balaban J connectivity index is 2.57. The van der Waals surface area contributed by atoms with Gasteiger partial charge in [0.05, 0.1) is 13.2 Å². The Kier molecular flexibility index (Phi) is 7.12. The van der Waals surface area contributed by atoms with Crippen LogP contribution in [0.3, 0.4) is 0 Å². The van der Waals surface area contributed by atoms with Crippen LogP contribution in [0, 0.1) is 0 Å². The molecule has 4 heteroatoms. The predicted molar refractivity (Wildman–Crippen MR) is 82.6 cm³/mol. The molecule has 0 heterocycles. The van der Waals surface area contributed by atoms with Gasteiger partial charge in [-0.05, 0) is 30.2 Å². The zero-order valence-corrected chi connectivity index (χ0v) is 13.6. The highest BCUT2D eigenvalue weighted by molar-refractivity contribution is 9.10. The van der Waals surface area contributed by atoms with Crippen molar-refractivity contribution in [2.24, 2.45) is 0 Å². The summed E-state index contributed by atoms with van der Waals surface area (Å²) in [7, 11) is 1.66. The molecule has 2 unspecified atom stereocenters. The first-order valence-electron chi connectivity index (χ1n) is 6.18. The number of methoxy groups -OCH3 is 1. The van der Waals surface area contributed by atoms with Crippen LogP contribution >= 0.6 is 27.7 Å². The average Bonchev–Trinajstić information content (AvgIpc) is 2.36. The van der Waals surface area contributed by atoms with Gasteiger partial charge in [0.15, 0.2) is 0 Å². The molecule has 0 aromatic heterocycles. The van der Waals surface area contributed by atoms with Crippen LogP contribution < -0.4 is 4.74 Å². The molecule has 0 saturated heterocycles. The molecule has 0 radical (unpaired) electrons. The van der Waals surface area contributed by atoms with Gasteiger partial charge in [0, 0.05) is 21.9 Å². The van der Waals surface area contributed by atoms with Gasteiger partial charge in [0.25, 0.3) is 0 Å². The minimum atomic E-state index is -0.327. The second-order valence-corrected chi connectivity index (χ2v) is 6.75. The number of hydrogen-bond acceptors (Lipinski definition) is 3. The van der Waals surface area contributed by atoms with E-state index in [-0.39, 0.29) is 6.10 Å². The molecule has 1 N–H and O–H groups in total. The second kappa shape index (κ2) is 8.08. The molecule has 18 heavy (non-hydrogen) atoms. The van der Waals surface area contributed by atoms with Crippen LogP contribution in [0.1, 0.15) is 25.8 Å². The first-order chi connectivity index (χ1) is 8.56. The lowest BCUT2D eigenvalue weighted by molar-refractivity contribution is 0.198. The van der Waals surface area contributed by atoms with Crippen molar-refractivity contribution in [1.82, 2.24) is 0 Å². The van der Waals surface area contributed by atoms with Gasteiger partial charge in [-0.15, -0.1) is 0 Å². The molecule has 2 atom stereocenters. The van der Waals surface area contributed by atoms with E-state index in [2.05, 4.69) is 29.8 Å². The molecular formula is C14H21BrO2S. The lowest BCUT2D eigenvalue weighted by atomic mass is 10.1. The Morgan fingerprint density at radius 2 is 2.17 bits per heavy atom. The molecule has 0 amide bonds. The summed E-state index contributed by atoms with van der Waals surface area (Å²) in [5, 5.41) is 10.7. The lowest BCUT2D eigenvalue weighted by Crippen LogP contribution is -2.16. The zero-order chi connectivity index (χ0) is 13.5. The molecule has 102 valence electrons. The van der Waals surface area contributed by atoms with Crippen LogP contribution in [0.15, 0.2) is 22.7 Å². The summed E-state index contributed by atoms with van der Waals surface area (Å²) < 4.78 is 6.32. The van der Waals surface area contributed by atoms with Crippen LogP contribution in [0.4, 0.5) is 0 Å². The molecule has 1 aromatic rings. The molecule has 0 aliphatic rings. The molecule has 1 aromatic carbocycles. The molecule has 0 spiro atoms. The van der Waals surface area contributed by atoms with Gasteiger partial charge < -0.3 is 9.84 Å². The maximum Gasteiger partial charge on any atom is 0.122 e. The third-order valence-electron chi connectivity index (χ3n) is 2.85. The molecule has 0 aliphatic carbocycles. The number of rotatable bonds is 7. The Bertz CT molecular complexity index is 371. The molecule has 1 rings (SSSR count). The number of ether oxygens (including phenoxy) is 1. The normalized spacial score (nSPS) is 14.3. The van der Waals surface area contributed by atoms with Crippen molar-refractivity contribution in [2.45, 2.75) is 38.0 Å². The molecule has 0 aliphatic heterocycles. The SMILES string of the molecule is CCC(C)SCC(O)Cc1cc(Br)ccc1OC. The Labute approximate surface area is 122 Å². The van der Waals surface area contributed by atoms with Gasteiger partial charge in [-0.1, -0.05) is 29.8 Å². The Morgan fingerprint density at radius 1 is 1.44 bits per heavy atom. The van der Waals surface area contributed by atoms with Crippen LogP contribution in [0.2, 0.25) is 0 Å². The fraction of sp³-hybridized carbons (Fsp3) is 0.571. The quantitative estimate of drug-likeness (QED) is 0.821. The Morgan fingerprint density at radius 3 is 2.78 bits per heavy atom. The van der Waals surface area contributed by atoms with Crippen molar-refractivity contribution < 1.29 is 9.84 Å². The van der Waals surface area contributed by atoms with E-state index >= 15 is 0 Å². The minimum absolute atomic E-state index is 0.327. The third-order valence-corrected chi connectivity index (χ3v) is 4.82. The maximum absolute atomic E-state index is 10.1. The van der Waals surface area contributed by atoms with E-state index in [4.69, 9.17) is 4.74 Å². The van der Waals surface area contributed by atoms with E-state index < -0.39 is 0 Å². The average molecular weight is 333 g/mol. The van der Waals surface area contributed by atoms with Gasteiger partial charge >= 0.3 is 0 Å². The van der Waals surface area contributed by atoms with Crippen molar-refractivity contribution in [3.8, 4) is 5.75 Å². The number of hydrogen-bond donors (Lipinski definition) is 1. The monoisotopic (exact) mass is 332 g/mol. The molecule has 2 nitrogen and oxygen atoms in total. The van der Waals surface area contributed by atoms with Crippen molar-refractivity contribution >= 4 is 27.7 Å². The molecule has 0 saturated carbocycles. The molecular weight excluding hydrogens is 312 g/mol. The van der Waals surface area contributed by atoms with Crippen LogP contribution in [-0.2, 0) is 6.42 Å². The third kappa shape index (κ3) is 5.21. The topological polar surface area (TPSA) is 29.5 Å². The maximum atomic E-state index is 10.1. The highest BCUT2D eigenvalue weighted by atomic mass is 79.9. The fourth-order valence-electron chi connectivity index (χ4n) is 1.61. The Hall–Kier alpha value is -0.190. The van der Waals surface area contributed by atoms with Crippen LogP contribution in [0.5, 0.6) is 5.75 Å². The summed E-state index contributed by atoms with van der Waals surface area (Å²) in [6, 6.07) is 5.88. The number of aliphatic hydroxyl groups excluding tert-OH is 1. The number of thioether (sulfide) groups is 1. The zero-order valence-electron chi connectivity index (χ0n) is 11.1. The summed E-state index contributed by atoms with van der Waals surface area (Å²) in [4.78, 5) is 0. The summed E-state index contributed by atoms with van der Waals surface area (Å²) >= 11 is 5.27. The smallest absolute Gasteiger partial charge is 0.122 e. The summed E-state index contributed by atoms with van der Waals surface area (Å²) in [6.45, 7) is 4.36. The van der Waals surface area contributed by atoms with Crippen LogP contribution in [-0.4, -0.2) is 29.3 Å². The largest absolute Gasteiger partial charge is 0.496 e. The highest BCUT2D eigenvalue weighted by Gasteiger charge is 2.12. The molecule has 0 bridgehead atoms. The van der Waals surface area contributed by atoms with Gasteiger partial charge in [-0.3, -0.25) is 0 Å². The van der Waals surface area contributed by atoms with Crippen molar-refractivity contribution in [3.05, 3.63) is 28.2 Å². The minimum Gasteiger partial charge on any atom is -0.496 e. The van der Waals surface area contributed by atoms with Gasteiger partial charge in [0.1, 0.15) is 5.75 Å². The van der Waals surface area contributed by atoms with Crippen molar-refractivity contribution in [1.29, 1.82) is 0 Å². The number of benzene rings is 1. The first kappa shape index (κ1) is 15.9. The first-order valence-corrected chi connectivity index (χ1v) is 8.03. The second-order valence-electron chi connectivity index (χ2n) is 4.37. The van der Waals surface area contributed by atoms with E-state index in [1.807, 2.05) is 30.0 Å². The van der Waals surface area contributed by atoms with Crippen molar-refractivity contribution in [3.63, 3.8) is 0 Å². The standard InChI is InChI=1S/C14H21BrO2S/c1-4-10(2)18-9-13(16)8-11-7-12(15)5-6-14(11)17-3/h5-7,10,13,16H,4,8-9H2,1-3H3. The van der Waals surface area contributed by atoms with Gasteiger partial charge in [-0.2, -0.15) is 11.8 Å². The fourth-order valence-corrected chi connectivity index (χ4v) is 2.93. The predicted octanol–water partition coefficient (Wildman–Crippen LogP) is 3.89. The van der Waals surface area contributed by atoms with Gasteiger partial charge in [-0.25, -0.2) is 0 Å². The van der Waals surface area contributed by atoms with E-state index in [1.165, 1.54) is 0 Å². The lowest BCUT2D eigenvalue weighted by Gasteiger charge is -2.15. The van der Waals surface area contributed by atoms with E-state index in [0.717, 1.165) is 28.0 Å². The summed E-state index contributed by atoms with van der Waals surface area (Å²) in [6.07, 6.45) is 1.44. The van der Waals surface area contributed by atoms with E-state index in [9.17, 15) is 5.11 Å². The summed E-state index contributed by atoms with van der Waals surface area (Å²) in [5.41, 5.74) is 1.05. The van der Waals surface area contributed by atoms with E-state index in [0.29, 0.717) is 11.7 Å².